The topological polar surface area (TPSA) is 42.7 Å². The molecule has 0 spiro atoms. The van der Waals surface area contributed by atoms with E-state index >= 15 is 0 Å². The van der Waals surface area contributed by atoms with E-state index in [1.165, 1.54) is 16.8 Å². The minimum absolute atomic E-state index is 0.00822. The summed E-state index contributed by atoms with van der Waals surface area (Å²) in [7, 11) is 0. The van der Waals surface area contributed by atoms with E-state index in [1.54, 1.807) is 6.20 Å². The Morgan fingerprint density at radius 2 is 2.10 bits per heavy atom. The predicted octanol–water partition coefficient (Wildman–Crippen LogP) is 3.11. The first-order valence-electron chi connectivity index (χ1n) is 6.69. The third-order valence-electron chi connectivity index (χ3n) is 2.90. The number of rotatable bonds is 6. The van der Waals surface area contributed by atoms with Gasteiger partial charge >= 0.3 is 0 Å². The van der Waals surface area contributed by atoms with E-state index in [1.807, 2.05) is 0 Å². The fraction of sp³-hybridized carbons (Fsp3) is 0.429. The van der Waals surface area contributed by atoms with Crippen LogP contribution in [0.1, 0.15) is 25.1 Å². The number of benzene rings is 1. The minimum Gasteiger partial charge on any atom is -0.311 e. The standard InChI is InChI=1S/C14H17BrF2N4/c1-9(2)5-18-6-10-7-21(20-19-10)8-11-13(16)4-3-12(15)14(11)17/h3-4,7,9,18H,5-6,8H2,1-2H3. The van der Waals surface area contributed by atoms with Crippen LogP contribution in [0.3, 0.4) is 0 Å². The second kappa shape index (κ2) is 7.09. The smallest absolute Gasteiger partial charge is 0.145 e. The molecule has 0 fully saturated rings. The zero-order valence-corrected chi connectivity index (χ0v) is 13.5. The van der Waals surface area contributed by atoms with Gasteiger partial charge in [0, 0.05) is 12.1 Å². The van der Waals surface area contributed by atoms with Crippen molar-refractivity contribution in [1.82, 2.24) is 20.3 Å². The molecule has 2 rings (SSSR count). The normalized spacial score (nSPS) is 11.3. The van der Waals surface area contributed by atoms with Crippen LogP contribution in [0.15, 0.2) is 22.8 Å². The predicted molar refractivity (Wildman–Crippen MR) is 79.7 cm³/mol. The molecule has 4 nitrogen and oxygen atoms in total. The fourth-order valence-corrected chi connectivity index (χ4v) is 2.23. The Labute approximate surface area is 130 Å². The van der Waals surface area contributed by atoms with Crippen molar-refractivity contribution in [2.45, 2.75) is 26.9 Å². The van der Waals surface area contributed by atoms with Crippen LogP contribution in [-0.2, 0) is 13.1 Å². The zero-order valence-electron chi connectivity index (χ0n) is 11.9. The van der Waals surface area contributed by atoms with E-state index < -0.39 is 11.6 Å². The maximum absolute atomic E-state index is 13.9. The number of halogens is 3. The third kappa shape index (κ3) is 4.31. The van der Waals surface area contributed by atoms with Crippen LogP contribution in [0, 0.1) is 17.6 Å². The molecule has 0 aliphatic rings. The Kier molecular flexibility index (Phi) is 5.41. The van der Waals surface area contributed by atoms with E-state index in [-0.39, 0.29) is 16.6 Å². The molecule has 0 saturated heterocycles. The molecule has 2 aromatic rings. The zero-order chi connectivity index (χ0) is 15.4. The summed E-state index contributed by atoms with van der Waals surface area (Å²) in [6.07, 6.45) is 1.69. The highest BCUT2D eigenvalue weighted by Crippen LogP contribution is 2.22. The van der Waals surface area contributed by atoms with E-state index in [0.29, 0.717) is 12.5 Å². The highest BCUT2D eigenvalue weighted by molar-refractivity contribution is 9.10. The number of hydrogen-bond acceptors (Lipinski definition) is 3. The molecule has 1 N–H and O–H groups in total. The van der Waals surface area contributed by atoms with Gasteiger partial charge in [0.25, 0.3) is 0 Å². The van der Waals surface area contributed by atoms with Gasteiger partial charge in [0.1, 0.15) is 11.6 Å². The van der Waals surface area contributed by atoms with Crippen LogP contribution < -0.4 is 5.32 Å². The molecule has 0 unspecified atom stereocenters. The minimum atomic E-state index is -0.606. The SMILES string of the molecule is CC(C)CNCc1cn(Cc2c(F)ccc(Br)c2F)nn1. The van der Waals surface area contributed by atoms with E-state index in [0.717, 1.165) is 12.2 Å². The molecular weight excluding hydrogens is 342 g/mol. The van der Waals surface area contributed by atoms with Crippen molar-refractivity contribution in [2.75, 3.05) is 6.54 Å². The molecule has 7 heteroatoms. The van der Waals surface area contributed by atoms with Crippen molar-refractivity contribution in [1.29, 1.82) is 0 Å². The maximum Gasteiger partial charge on any atom is 0.145 e. The van der Waals surface area contributed by atoms with Crippen LogP contribution in [0.5, 0.6) is 0 Å². The van der Waals surface area contributed by atoms with Crippen LogP contribution in [0.25, 0.3) is 0 Å². The molecule has 114 valence electrons. The molecule has 1 aromatic heterocycles. The van der Waals surface area contributed by atoms with Crippen molar-refractivity contribution in [2.24, 2.45) is 5.92 Å². The Bertz CT molecular complexity index is 613. The lowest BCUT2D eigenvalue weighted by atomic mass is 10.2. The molecule has 0 radical (unpaired) electrons. The van der Waals surface area contributed by atoms with E-state index in [4.69, 9.17) is 0 Å². The van der Waals surface area contributed by atoms with Gasteiger partial charge in [-0.15, -0.1) is 5.10 Å². The van der Waals surface area contributed by atoms with Gasteiger partial charge in [0.05, 0.1) is 22.9 Å². The molecule has 21 heavy (non-hydrogen) atoms. The van der Waals surface area contributed by atoms with Crippen molar-refractivity contribution in [3.63, 3.8) is 0 Å². The van der Waals surface area contributed by atoms with Crippen LogP contribution in [-0.4, -0.2) is 21.5 Å². The molecule has 0 atom stereocenters. The summed E-state index contributed by atoms with van der Waals surface area (Å²) in [6, 6.07) is 2.57. The first-order valence-corrected chi connectivity index (χ1v) is 7.48. The summed E-state index contributed by atoms with van der Waals surface area (Å²) < 4.78 is 29.2. The van der Waals surface area contributed by atoms with Gasteiger partial charge < -0.3 is 5.32 Å². The van der Waals surface area contributed by atoms with Crippen molar-refractivity contribution < 1.29 is 8.78 Å². The van der Waals surface area contributed by atoms with Gasteiger partial charge in [-0.25, -0.2) is 13.5 Å². The first kappa shape index (κ1) is 16.0. The number of nitrogens with one attached hydrogen (secondary N) is 1. The summed E-state index contributed by atoms with van der Waals surface area (Å²) in [5, 5.41) is 11.1. The lowest BCUT2D eigenvalue weighted by Gasteiger charge is -2.06. The molecule has 0 saturated carbocycles. The number of hydrogen-bond donors (Lipinski definition) is 1. The summed E-state index contributed by atoms with van der Waals surface area (Å²) in [6.45, 7) is 5.70. The fourth-order valence-electron chi connectivity index (χ4n) is 1.86. The summed E-state index contributed by atoms with van der Waals surface area (Å²) in [5.74, 6) is -0.652. The average Bonchev–Trinajstić information content (AvgIpc) is 2.86. The third-order valence-corrected chi connectivity index (χ3v) is 3.52. The Hall–Kier alpha value is -1.34. The van der Waals surface area contributed by atoms with Gasteiger partial charge in [0.2, 0.25) is 0 Å². The molecular formula is C14H17BrF2N4. The lowest BCUT2D eigenvalue weighted by molar-refractivity contribution is 0.524. The number of nitrogens with zero attached hydrogens (tertiary/aromatic N) is 3. The van der Waals surface area contributed by atoms with Crippen molar-refractivity contribution >= 4 is 15.9 Å². The molecule has 0 aliphatic heterocycles. The summed E-state index contributed by atoms with van der Waals surface area (Å²) >= 11 is 3.05. The second-order valence-electron chi connectivity index (χ2n) is 5.25. The van der Waals surface area contributed by atoms with Crippen LogP contribution in [0.2, 0.25) is 0 Å². The number of aromatic nitrogens is 3. The summed E-state index contributed by atoms with van der Waals surface area (Å²) in [4.78, 5) is 0. The monoisotopic (exact) mass is 358 g/mol. The van der Waals surface area contributed by atoms with Gasteiger partial charge in [-0.2, -0.15) is 0 Å². The highest BCUT2D eigenvalue weighted by atomic mass is 79.9. The van der Waals surface area contributed by atoms with Crippen molar-refractivity contribution in [3.8, 4) is 0 Å². The largest absolute Gasteiger partial charge is 0.311 e. The van der Waals surface area contributed by atoms with Crippen LogP contribution >= 0.6 is 15.9 Å². The van der Waals surface area contributed by atoms with Crippen LogP contribution in [0.4, 0.5) is 8.78 Å². The van der Waals surface area contributed by atoms with E-state index in [2.05, 4.69) is 45.4 Å². The molecule has 0 amide bonds. The van der Waals surface area contributed by atoms with Crippen molar-refractivity contribution in [3.05, 3.63) is 45.7 Å². The van der Waals surface area contributed by atoms with Gasteiger partial charge in [0.15, 0.2) is 0 Å². The maximum atomic E-state index is 13.9. The quantitative estimate of drug-likeness (QED) is 0.806. The molecule has 0 bridgehead atoms. The van der Waals surface area contributed by atoms with Gasteiger partial charge in [-0.3, -0.25) is 0 Å². The molecule has 0 aliphatic carbocycles. The molecule has 1 heterocycles. The Balaban J connectivity index is 2.04. The Morgan fingerprint density at radius 1 is 1.33 bits per heavy atom. The molecule has 1 aromatic carbocycles. The van der Waals surface area contributed by atoms with E-state index in [9.17, 15) is 8.78 Å². The summed E-state index contributed by atoms with van der Waals surface area (Å²) in [5.41, 5.74) is 0.711. The highest BCUT2D eigenvalue weighted by Gasteiger charge is 2.13. The average molecular weight is 359 g/mol. The lowest BCUT2D eigenvalue weighted by Crippen LogP contribution is -2.19. The van der Waals surface area contributed by atoms with Gasteiger partial charge in [-0.1, -0.05) is 19.1 Å². The Morgan fingerprint density at radius 3 is 2.81 bits per heavy atom. The van der Waals surface area contributed by atoms with Gasteiger partial charge in [-0.05, 0) is 40.5 Å². The first-order chi connectivity index (χ1) is 9.97. The second-order valence-corrected chi connectivity index (χ2v) is 6.11.